The van der Waals surface area contributed by atoms with Gasteiger partial charge < -0.3 is 9.84 Å². The number of aliphatic hydroxyl groups excluding tert-OH is 1. The average Bonchev–Trinajstić information content (AvgIpc) is 2.97. The summed E-state index contributed by atoms with van der Waals surface area (Å²) in [5, 5.41) is 10.3. The van der Waals surface area contributed by atoms with E-state index in [-0.39, 0.29) is 51.5 Å². The van der Waals surface area contributed by atoms with Crippen molar-refractivity contribution in [3.63, 3.8) is 0 Å². The molecule has 3 atom stereocenters. The molecule has 4 nitrogen and oxygen atoms in total. The van der Waals surface area contributed by atoms with Crippen LogP contribution in [-0.2, 0) is 14.3 Å². The molecule has 0 saturated heterocycles. The first-order chi connectivity index (χ1) is 23.1. The van der Waals surface area contributed by atoms with E-state index in [0.717, 1.165) is 48.0 Å². The van der Waals surface area contributed by atoms with Crippen LogP contribution in [0, 0.1) is 27.6 Å². The van der Waals surface area contributed by atoms with Gasteiger partial charge in [-0.3, -0.25) is 9.59 Å². The molecule has 4 heteroatoms. The number of Topliss-reactive ketones (excluding diaryl/α,β-unsaturated/α-hetero) is 1. The maximum atomic E-state index is 13.2. The maximum absolute atomic E-state index is 13.2. The van der Waals surface area contributed by atoms with Gasteiger partial charge in [0.2, 0.25) is 0 Å². The monoisotopic (exact) mass is 687 g/mol. The summed E-state index contributed by atoms with van der Waals surface area (Å²) in [5.74, 6) is 0.252. The molecular formula is C46H70O4. The topological polar surface area (TPSA) is 63.6 Å². The van der Waals surface area contributed by atoms with Crippen molar-refractivity contribution in [1.29, 1.82) is 0 Å². The Balaban J connectivity index is 0.00000613. The van der Waals surface area contributed by atoms with Crippen LogP contribution in [0.1, 0.15) is 136 Å². The molecular weight excluding hydrogens is 617 g/mol. The highest BCUT2D eigenvalue weighted by Crippen LogP contribution is 2.55. The number of carbonyl (C=O) groups is 2. The van der Waals surface area contributed by atoms with Crippen molar-refractivity contribution >= 4 is 11.8 Å². The lowest BCUT2D eigenvalue weighted by Crippen LogP contribution is -2.49. The van der Waals surface area contributed by atoms with E-state index in [9.17, 15) is 14.7 Å². The molecule has 0 radical (unpaired) electrons. The quantitative estimate of drug-likeness (QED) is 0.102. The van der Waals surface area contributed by atoms with Gasteiger partial charge in [-0.25, -0.2) is 0 Å². The highest BCUT2D eigenvalue weighted by Gasteiger charge is 2.50. The van der Waals surface area contributed by atoms with Crippen molar-refractivity contribution in [2.75, 3.05) is 0 Å². The first-order valence-corrected chi connectivity index (χ1v) is 18.7. The van der Waals surface area contributed by atoms with E-state index in [1.807, 2.05) is 58.1 Å². The Morgan fingerprint density at radius 2 is 1.24 bits per heavy atom. The van der Waals surface area contributed by atoms with Gasteiger partial charge >= 0.3 is 5.97 Å². The predicted octanol–water partition coefficient (Wildman–Crippen LogP) is 12.1. The van der Waals surface area contributed by atoms with E-state index in [4.69, 9.17) is 4.74 Å². The molecule has 0 aromatic heterocycles. The molecule has 0 aromatic rings. The Morgan fingerprint density at radius 1 is 0.760 bits per heavy atom. The zero-order valence-electron chi connectivity index (χ0n) is 34.3. The summed E-state index contributed by atoms with van der Waals surface area (Å²) in [7, 11) is 0. The molecule has 50 heavy (non-hydrogen) atoms. The number of ketones is 1. The zero-order valence-corrected chi connectivity index (χ0v) is 34.3. The van der Waals surface area contributed by atoms with E-state index >= 15 is 0 Å². The van der Waals surface area contributed by atoms with Gasteiger partial charge in [0.25, 0.3) is 0 Å². The van der Waals surface area contributed by atoms with Crippen molar-refractivity contribution < 1.29 is 19.4 Å². The van der Waals surface area contributed by atoms with Gasteiger partial charge in [-0.2, -0.15) is 0 Å². The van der Waals surface area contributed by atoms with E-state index < -0.39 is 0 Å². The van der Waals surface area contributed by atoms with E-state index in [1.54, 1.807) is 0 Å². The Bertz CT molecular complexity index is 1440. The second-order valence-electron chi connectivity index (χ2n) is 16.7. The summed E-state index contributed by atoms with van der Waals surface area (Å²) >= 11 is 0. The van der Waals surface area contributed by atoms with Gasteiger partial charge in [0.15, 0.2) is 5.78 Å². The van der Waals surface area contributed by atoms with Crippen LogP contribution in [0.4, 0.5) is 0 Å². The lowest BCUT2D eigenvalue weighted by atomic mass is 9.52. The number of carbonyl (C=O) groups excluding carboxylic acids is 2. The molecule has 0 spiro atoms. The van der Waals surface area contributed by atoms with E-state index in [1.165, 1.54) is 12.5 Å². The number of aliphatic hydroxyl groups is 1. The molecule has 2 aliphatic rings. The minimum atomic E-state index is -0.282. The van der Waals surface area contributed by atoms with Crippen molar-refractivity contribution in [3.8, 4) is 0 Å². The Labute approximate surface area is 306 Å². The normalized spacial score (nSPS) is 27.2. The molecule has 2 rings (SSSR count). The summed E-state index contributed by atoms with van der Waals surface area (Å²) in [6, 6.07) is 0. The maximum Gasteiger partial charge on any atom is 0.302 e. The predicted molar refractivity (Wildman–Crippen MR) is 214 cm³/mol. The molecule has 0 bridgehead atoms. The third-order valence-electron chi connectivity index (χ3n) is 10.8. The van der Waals surface area contributed by atoms with Gasteiger partial charge in [-0.05, 0) is 104 Å². The SMILES string of the molecule is CC.CC(=O)OC1CC(C)(C)C(=C=C/C(C)=C/C=C/C(C)=C/C=C/C=C(C)/C=C/C=C(\C)C(=O)C[C@]2(C)[C@H](C)C[C@H](O)CC2(C)C)C(C)(C)C1. The van der Waals surface area contributed by atoms with Crippen molar-refractivity contribution in [1.82, 2.24) is 0 Å². The third kappa shape index (κ3) is 13.5. The average molecular weight is 687 g/mol. The Morgan fingerprint density at radius 3 is 1.72 bits per heavy atom. The van der Waals surface area contributed by atoms with Crippen LogP contribution in [0.3, 0.4) is 0 Å². The van der Waals surface area contributed by atoms with Crippen molar-refractivity contribution in [2.45, 2.75) is 148 Å². The first-order valence-electron chi connectivity index (χ1n) is 18.7. The molecule has 0 amide bonds. The molecule has 2 fully saturated rings. The highest BCUT2D eigenvalue weighted by atomic mass is 16.5. The summed E-state index contributed by atoms with van der Waals surface area (Å²) in [4.78, 5) is 24.7. The van der Waals surface area contributed by atoms with E-state index in [2.05, 4.69) is 111 Å². The second kappa shape index (κ2) is 19.4. The largest absolute Gasteiger partial charge is 0.462 e. The van der Waals surface area contributed by atoms with Gasteiger partial charge in [0.05, 0.1) is 6.10 Å². The number of ether oxygens (including phenoxy) is 1. The standard InChI is InChI=1S/C44H64O4.C2H6/c1-31(20-16-21-33(3)24-25-40-41(7,8)28-38(48-36(6)45)29-42(40,9)10)18-14-15-19-32(2)22-17-23-34(4)39(47)30-44(13)35(5)26-37(46)27-43(44,11)12;1-2/h14-24,35,37-38,46H,26-30H2,1-13H3;1-2H3/b15-14+,20-16+,22-17+,31-18+,32-19+,33-21+,34-23+;/t25?,35-,37+,38?,44-;/m1./s1. The minimum Gasteiger partial charge on any atom is -0.462 e. The molecule has 1 N–H and O–H groups in total. The molecule has 2 aliphatic carbocycles. The van der Waals surface area contributed by atoms with Crippen LogP contribution >= 0.6 is 0 Å². The van der Waals surface area contributed by atoms with Crippen LogP contribution in [0.2, 0.25) is 0 Å². The van der Waals surface area contributed by atoms with Gasteiger partial charge in [0, 0.05) is 13.3 Å². The summed E-state index contributed by atoms with van der Waals surface area (Å²) in [5.41, 5.74) is 8.54. The fourth-order valence-electron chi connectivity index (χ4n) is 7.72. The summed E-state index contributed by atoms with van der Waals surface area (Å²) in [6.45, 7) is 31.2. The number of allylic oxidation sites excluding steroid dienone is 15. The van der Waals surface area contributed by atoms with Crippen LogP contribution < -0.4 is 0 Å². The molecule has 278 valence electrons. The number of hydrogen-bond donors (Lipinski definition) is 1. The van der Waals surface area contributed by atoms with Crippen molar-refractivity contribution in [3.05, 3.63) is 100 Å². The highest BCUT2D eigenvalue weighted by molar-refractivity contribution is 5.95. The summed E-state index contributed by atoms with van der Waals surface area (Å²) in [6.07, 6.45) is 25.6. The molecule has 2 saturated carbocycles. The number of esters is 1. The Hall–Kier alpha value is -3.20. The van der Waals surface area contributed by atoms with Crippen molar-refractivity contribution in [2.24, 2.45) is 27.6 Å². The van der Waals surface area contributed by atoms with Crippen LogP contribution in [-0.4, -0.2) is 29.1 Å². The molecule has 0 unspecified atom stereocenters. The first kappa shape index (κ1) is 44.8. The van der Waals surface area contributed by atoms with Gasteiger partial charge in [-0.15, -0.1) is 5.73 Å². The number of rotatable bonds is 11. The molecule has 0 heterocycles. The van der Waals surface area contributed by atoms with Crippen LogP contribution in [0.15, 0.2) is 100 Å². The fourth-order valence-corrected chi connectivity index (χ4v) is 7.72. The van der Waals surface area contributed by atoms with Crippen LogP contribution in [0.25, 0.3) is 0 Å². The van der Waals surface area contributed by atoms with Gasteiger partial charge in [0.1, 0.15) is 6.10 Å². The summed E-state index contributed by atoms with van der Waals surface area (Å²) < 4.78 is 5.58. The van der Waals surface area contributed by atoms with Crippen LogP contribution in [0.5, 0.6) is 0 Å². The lowest BCUT2D eigenvalue weighted by Gasteiger charge is -2.53. The number of hydrogen-bond acceptors (Lipinski definition) is 4. The third-order valence-corrected chi connectivity index (χ3v) is 10.8. The minimum absolute atomic E-state index is 0.0595. The smallest absolute Gasteiger partial charge is 0.302 e. The Kier molecular flexibility index (Phi) is 17.4. The zero-order chi connectivity index (χ0) is 38.5. The lowest BCUT2D eigenvalue weighted by molar-refractivity contribution is -0.150. The van der Waals surface area contributed by atoms with Gasteiger partial charge in [-0.1, -0.05) is 141 Å². The fraction of sp³-hybridized carbons (Fsp3) is 0.587. The second-order valence-corrected chi connectivity index (χ2v) is 16.7. The molecule has 0 aromatic carbocycles. The van der Waals surface area contributed by atoms with E-state index in [0.29, 0.717) is 6.42 Å². The molecule has 0 aliphatic heterocycles.